The molecule has 50 heavy (non-hydrogen) atoms. The van der Waals surface area contributed by atoms with E-state index in [2.05, 4.69) is 0 Å². The molecule has 0 aliphatic carbocycles. The zero-order valence-electron chi connectivity index (χ0n) is 27.9. The highest BCUT2D eigenvalue weighted by molar-refractivity contribution is 6.31. The number of benzene rings is 4. The smallest absolute Gasteiger partial charge is 0.355 e. The standard InChI is InChI=1S/C41H35ClN2O6/c1-4-49-38(46)33-34(36(45)28-17-15-25(3)16-18-28)41(37-30-14-10-9-13-27(30)21-22-43(37)35(33)39(47)50-5-2)31-23-29(42)19-20-32(31)44(40(41)48)24-26-11-7-6-8-12-26/h6-23,34,37H,4-5,24H2,1-3H3/t34?,37-,41+/m0/s1. The summed E-state index contributed by atoms with van der Waals surface area (Å²) >= 11 is 6.77. The molecule has 0 radical (unpaired) electrons. The average molecular weight is 687 g/mol. The predicted molar refractivity (Wildman–Crippen MR) is 190 cm³/mol. The minimum Gasteiger partial charge on any atom is -0.463 e. The average Bonchev–Trinajstić information content (AvgIpc) is 3.34. The fraction of sp³-hybridized carbons (Fsp3) is 0.220. The molecule has 3 heterocycles. The molecule has 0 bridgehead atoms. The quantitative estimate of drug-likeness (QED) is 0.141. The van der Waals surface area contributed by atoms with Crippen LogP contribution in [0.1, 0.15) is 58.1 Å². The normalized spacial score (nSPS) is 20.4. The van der Waals surface area contributed by atoms with Gasteiger partial charge < -0.3 is 19.3 Å². The zero-order valence-corrected chi connectivity index (χ0v) is 28.6. The van der Waals surface area contributed by atoms with E-state index in [-0.39, 0.29) is 36.6 Å². The first-order valence-corrected chi connectivity index (χ1v) is 17.0. The molecule has 0 saturated heterocycles. The number of nitrogens with zero attached hydrogens (tertiary/aromatic N) is 2. The molecule has 1 unspecified atom stereocenters. The Bertz CT molecular complexity index is 2090. The molecule has 3 aliphatic rings. The molecule has 4 aromatic carbocycles. The zero-order chi connectivity index (χ0) is 35.2. The Hall–Kier alpha value is -5.47. The van der Waals surface area contributed by atoms with Gasteiger partial charge in [-0.25, -0.2) is 9.59 Å². The number of fused-ring (bicyclic) bond motifs is 6. The summed E-state index contributed by atoms with van der Waals surface area (Å²) in [6, 6.07) is 28.3. The van der Waals surface area contributed by atoms with Crippen LogP contribution < -0.4 is 4.90 Å². The maximum absolute atomic E-state index is 15.8. The van der Waals surface area contributed by atoms with Gasteiger partial charge in [-0.05, 0) is 67.3 Å². The molecule has 0 saturated carbocycles. The van der Waals surface area contributed by atoms with Crippen LogP contribution in [0.3, 0.4) is 0 Å². The lowest BCUT2D eigenvalue weighted by Gasteiger charge is -2.52. The summed E-state index contributed by atoms with van der Waals surface area (Å²) in [5, 5.41) is 0.350. The number of rotatable bonds is 8. The van der Waals surface area contributed by atoms with Crippen LogP contribution in [-0.4, -0.2) is 41.7 Å². The van der Waals surface area contributed by atoms with E-state index in [1.807, 2.05) is 67.6 Å². The maximum atomic E-state index is 15.8. The van der Waals surface area contributed by atoms with Crippen molar-refractivity contribution in [2.24, 2.45) is 5.92 Å². The number of hydrogen-bond acceptors (Lipinski definition) is 7. The SMILES string of the molecule is CCOC(=O)C1=C(C(=O)OCC)N2C=Cc3ccccc3[C@H]2[C@]2(C(=O)N(Cc3ccccc3)c3ccc(Cl)cc32)C1C(=O)c1ccc(C)cc1. The maximum Gasteiger partial charge on any atom is 0.355 e. The van der Waals surface area contributed by atoms with E-state index in [0.717, 1.165) is 16.7 Å². The monoisotopic (exact) mass is 686 g/mol. The fourth-order valence-electron chi connectivity index (χ4n) is 7.69. The third-order valence-electron chi connectivity index (χ3n) is 9.71. The molecule has 3 atom stereocenters. The van der Waals surface area contributed by atoms with E-state index in [1.54, 1.807) is 72.3 Å². The molecular formula is C41H35ClN2O6. The predicted octanol–water partition coefficient (Wildman–Crippen LogP) is 7.35. The van der Waals surface area contributed by atoms with Gasteiger partial charge >= 0.3 is 11.9 Å². The van der Waals surface area contributed by atoms with E-state index < -0.39 is 41.0 Å². The summed E-state index contributed by atoms with van der Waals surface area (Å²) < 4.78 is 11.2. The topological polar surface area (TPSA) is 93.2 Å². The summed E-state index contributed by atoms with van der Waals surface area (Å²) in [5.74, 6) is -4.13. The highest BCUT2D eigenvalue weighted by Crippen LogP contribution is 2.63. The molecule has 9 heteroatoms. The van der Waals surface area contributed by atoms with E-state index in [0.29, 0.717) is 21.8 Å². The third kappa shape index (κ3) is 5.13. The summed E-state index contributed by atoms with van der Waals surface area (Å²) in [6.07, 6.45) is 3.51. The van der Waals surface area contributed by atoms with Crippen molar-refractivity contribution in [2.45, 2.75) is 38.8 Å². The number of halogens is 1. The van der Waals surface area contributed by atoms with Crippen molar-refractivity contribution in [2.75, 3.05) is 18.1 Å². The number of amides is 1. The van der Waals surface area contributed by atoms with Crippen molar-refractivity contribution in [3.05, 3.63) is 153 Å². The van der Waals surface area contributed by atoms with Crippen LogP contribution in [-0.2, 0) is 35.8 Å². The van der Waals surface area contributed by atoms with Crippen LogP contribution in [0.4, 0.5) is 5.69 Å². The summed E-state index contributed by atoms with van der Waals surface area (Å²) in [6.45, 7) is 5.39. The van der Waals surface area contributed by atoms with Gasteiger partial charge in [0.1, 0.15) is 11.1 Å². The minimum absolute atomic E-state index is 0.0151. The van der Waals surface area contributed by atoms with Crippen molar-refractivity contribution in [3.8, 4) is 0 Å². The van der Waals surface area contributed by atoms with Crippen LogP contribution in [0.2, 0.25) is 5.02 Å². The number of hydrogen-bond donors (Lipinski definition) is 0. The van der Waals surface area contributed by atoms with Gasteiger partial charge in [0.15, 0.2) is 5.78 Å². The number of ketones is 1. The Balaban J connectivity index is 1.63. The molecule has 0 aromatic heterocycles. The molecule has 1 amide bonds. The van der Waals surface area contributed by atoms with Gasteiger partial charge in [-0.1, -0.05) is 96.0 Å². The molecule has 7 rings (SSSR count). The van der Waals surface area contributed by atoms with E-state index in [1.165, 1.54) is 0 Å². The van der Waals surface area contributed by atoms with Crippen molar-refractivity contribution in [1.82, 2.24) is 4.90 Å². The number of aryl methyl sites for hydroxylation is 1. The molecule has 8 nitrogen and oxygen atoms in total. The second-order valence-corrected chi connectivity index (χ2v) is 13.0. The number of carbonyl (C=O) groups is 4. The molecule has 1 spiro atoms. The Morgan fingerprint density at radius 3 is 2.24 bits per heavy atom. The summed E-state index contributed by atoms with van der Waals surface area (Å²) in [5.41, 5.74) is 2.41. The van der Waals surface area contributed by atoms with Gasteiger partial charge in [0.05, 0.1) is 37.3 Å². The van der Waals surface area contributed by atoms with E-state index >= 15 is 9.59 Å². The number of esters is 2. The van der Waals surface area contributed by atoms with Crippen molar-refractivity contribution >= 4 is 47.0 Å². The van der Waals surface area contributed by atoms with Crippen LogP contribution in [0.25, 0.3) is 6.08 Å². The first-order chi connectivity index (χ1) is 24.2. The Morgan fingerprint density at radius 2 is 1.52 bits per heavy atom. The molecule has 0 N–H and O–H groups in total. The highest BCUT2D eigenvalue weighted by Gasteiger charge is 2.69. The number of ether oxygens (including phenoxy) is 2. The Morgan fingerprint density at radius 1 is 0.840 bits per heavy atom. The fourth-order valence-corrected chi connectivity index (χ4v) is 7.86. The van der Waals surface area contributed by atoms with Crippen LogP contribution >= 0.6 is 11.6 Å². The second kappa shape index (κ2) is 13.1. The van der Waals surface area contributed by atoms with Crippen molar-refractivity contribution in [1.29, 1.82) is 0 Å². The molecule has 0 fully saturated rings. The summed E-state index contributed by atoms with van der Waals surface area (Å²) in [7, 11) is 0. The lowest BCUT2D eigenvalue weighted by Crippen LogP contribution is -2.61. The van der Waals surface area contributed by atoms with Gasteiger partial charge in [0.2, 0.25) is 5.91 Å². The van der Waals surface area contributed by atoms with Crippen LogP contribution in [0, 0.1) is 12.8 Å². The van der Waals surface area contributed by atoms with Gasteiger partial charge in [-0.3, -0.25) is 9.59 Å². The first-order valence-electron chi connectivity index (χ1n) is 16.6. The Labute approximate surface area is 295 Å². The van der Waals surface area contributed by atoms with E-state index in [9.17, 15) is 9.59 Å². The lowest BCUT2D eigenvalue weighted by molar-refractivity contribution is -0.146. The van der Waals surface area contributed by atoms with Gasteiger partial charge in [-0.2, -0.15) is 0 Å². The van der Waals surface area contributed by atoms with E-state index in [4.69, 9.17) is 21.1 Å². The molecule has 252 valence electrons. The molecular weight excluding hydrogens is 652 g/mol. The Kier molecular flexibility index (Phi) is 8.66. The van der Waals surface area contributed by atoms with Gasteiger partial charge in [0.25, 0.3) is 0 Å². The second-order valence-electron chi connectivity index (χ2n) is 12.5. The lowest BCUT2D eigenvalue weighted by atomic mass is 9.56. The third-order valence-corrected chi connectivity index (χ3v) is 9.95. The van der Waals surface area contributed by atoms with Gasteiger partial charge in [-0.15, -0.1) is 0 Å². The minimum atomic E-state index is -1.80. The van der Waals surface area contributed by atoms with Crippen LogP contribution in [0.15, 0.2) is 115 Å². The summed E-state index contributed by atoms with van der Waals surface area (Å²) in [4.78, 5) is 63.0. The number of Topliss-reactive ketones (excluding diaryl/α,β-unsaturated/α-hetero) is 1. The van der Waals surface area contributed by atoms with Gasteiger partial charge in [0, 0.05) is 22.5 Å². The molecule has 3 aliphatic heterocycles. The molecule has 4 aromatic rings. The first kappa shape index (κ1) is 33.0. The van der Waals surface area contributed by atoms with Crippen molar-refractivity contribution < 1.29 is 28.7 Å². The largest absolute Gasteiger partial charge is 0.463 e. The number of anilines is 1. The highest BCUT2D eigenvalue weighted by atomic mass is 35.5. The number of carbonyl (C=O) groups excluding carboxylic acids is 4. The van der Waals surface area contributed by atoms with Crippen molar-refractivity contribution in [3.63, 3.8) is 0 Å². The van der Waals surface area contributed by atoms with Crippen LogP contribution in [0.5, 0.6) is 0 Å².